The minimum Gasteiger partial charge on any atom is -0.477 e. The Balaban J connectivity index is 2.03. The maximum atomic E-state index is 12.6. The van der Waals surface area contributed by atoms with Gasteiger partial charge in [-0.1, -0.05) is 18.2 Å². The van der Waals surface area contributed by atoms with Crippen molar-refractivity contribution in [2.24, 2.45) is 5.73 Å². The summed E-state index contributed by atoms with van der Waals surface area (Å²) >= 11 is 0. The van der Waals surface area contributed by atoms with Gasteiger partial charge in [-0.25, -0.2) is 4.79 Å². The zero-order valence-electron chi connectivity index (χ0n) is 14.5. The summed E-state index contributed by atoms with van der Waals surface area (Å²) in [6, 6.07) is 11.5. The summed E-state index contributed by atoms with van der Waals surface area (Å²) in [5.41, 5.74) is 11.0. The van der Waals surface area contributed by atoms with E-state index in [1.807, 2.05) is 31.2 Å². The monoisotopic (exact) mass is 348 g/mol. The molecule has 1 saturated carbocycles. The average Bonchev–Trinajstić information content (AvgIpc) is 3.47. The van der Waals surface area contributed by atoms with E-state index < -0.39 is 11.5 Å². The Hall–Kier alpha value is -2.92. The molecule has 5 heteroatoms. The first-order valence-corrected chi connectivity index (χ1v) is 8.72. The second-order valence-corrected chi connectivity index (χ2v) is 6.88. The molecule has 0 atom stereocenters. The van der Waals surface area contributed by atoms with Gasteiger partial charge in [-0.05, 0) is 71.7 Å². The Bertz CT molecular complexity index is 1090. The molecule has 4 rings (SSSR count). The van der Waals surface area contributed by atoms with Crippen LogP contribution >= 0.6 is 0 Å². The summed E-state index contributed by atoms with van der Waals surface area (Å²) in [5.74, 6) is -0.850. The van der Waals surface area contributed by atoms with Crippen molar-refractivity contribution in [2.45, 2.75) is 32.2 Å². The molecule has 0 bridgehead atoms. The predicted molar refractivity (Wildman–Crippen MR) is 101 cm³/mol. The normalized spacial score (nSPS) is 13.9. The fourth-order valence-corrected chi connectivity index (χ4v) is 3.63. The number of aryl methyl sites for hydroxylation is 1. The molecule has 0 amide bonds. The Morgan fingerprint density at radius 2 is 2.04 bits per heavy atom. The van der Waals surface area contributed by atoms with Gasteiger partial charge in [-0.3, -0.25) is 9.20 Å². The number of aromatic carboxylic acids is 1. The van der Waals surface area contributed by atoms with Gasteiger partial charge >= 0.3 is 5.97 Å². The number of benzene rings is 1. The van der Waals surface area contributed by atoms with E-state index in [-0.39, 0.29) is 5.56 Å². The van der Waals surface area contributed by atoms with Gasteiger partial charge in [0, 0.05) is 12.7 Å². The van der Waals surface area contributed by atoms with E-state index in [9.17, 15) is 14.7 Å². The summed E-state index contributed by atoms with van der Waals surface area (Å²) in [6.45, 7) is 2.46. The van der Waals surface area contributed by atoms with Gasteiger partial charge in [0.2, 0.25) is 0 Å². The van der Waals surface area contributed by atoms with Crippen LogP contribution in [0.15, 0.2) is 47.4 Å². The predicted octanol–water partition coefficient (Wildman–Crippen LogP) is 3.31. The molecule has 0 unspecified atom stereocenters. The van der Waals surface area contributed by atoms with Crippen LogP contribution in [0.1, 0.15) is 45.8 Å². The van der Waals surface area contributed by atoms with Crippen molar-refractivity contribution in [3.8, 4) is 11.1 Å². The second-order valence-electron chi connectivity index (χ2n) is 6.88. The van der Waals surface area contributed by atoms with Gasteiger partial charge in [0.1, 0.15) is 5.56 Å². The highest BCUT2D eigenvalue weighted by molar-refractivity contribution is 5.89. The second kappa shape index (κ2) is 6.11. The van der Waals surface area contributed by atoms with E-state index in [0.717, 1.165) is 46.2 Å². The van der Waals surface area contributed by atoms with E-state index in [2.05, 4.69) is 6.07 Å². The fraction of sp³-hybridized carbons (Fsp3) is 0.238. The first kappa shape index (κ1) is 16.5. The van der Waals surface area contributed by atoms with E-state index in [0.29, 0.717) is 12.5 Å². The van der Waals surface area contributed by atoms with Crippen molar-refractivity contribution in [3.63, 3.8) is 0 Å². The summed E-state index contributed by atoms with van der Waals surface area (Å²) in [6.07, 6.45) is 3.74. The lowest BCUT2D eigenvalue weighted by molar-refractivity contribution is 0.0694. The van der Waals surface area contributed by atoms with Gasteiger partial charge in [0.15, 0.2) is 0 Å². The third-order valence-electron chi connectivity index (χ3n) is 5.13. The van der Waals surface area contributed by atoms with Crippen LogP contribution in [-0.2, 0) is 6.54 Å². The molecule has 26 heavy (non-hydrogen) atoms. The molecule has 1 aromatic carbocycles. The molecule has 132 valence electrons. The molecule has 0 aliphatic heterocycles. The number of rotatable bonds is 4. The Labute approximate surface area is 150 Å². The molecule has 1 aliphatic rings. The molecule has 0 saturated heterocycles. The number of carboxylic acid groups (broad SMARTS) is 1. The SMILES string of the molecule is Cc1c(-c2cccc(CN)c2)ccn2c(=O)c(C(=O)O)cc(C3CC3)c12. The third-order valence-corrected chi connectivity index (χ3v) is 5.13. The molecule has 3 aromatic rings. The first-order valence-electron chi connectivity index (χ1n) is 8.72. The zero-order valence-corrected chi connectivity index (χ0v) is 14.5. The molecule has 1 aliphatic carbocycles. The molecule has 2 aromatic heterocycles. The van der Waals surface area contributed by atoms with Crippen LogP contribution in [-0.4, -0.2) is 15.5 Å². The highest BCUT2D eigenvalue weighted by Gasteiger charge is 2.29. The number of pyridine rings is 2. The minimum absolute atomic E-state index is 0.165. The minimum atomic E-state index is -1.18. The lowest BCUT2D eigenvalue weighted by atomic mass is 9.95. The molecule has 2 heterocycles. The van der Waals surface area contributed by atoms with Gasteiger partial charge in [-0.15, -0.1) is 0 Å². The lowest BCUT2D eigenvalue weighted by Crippen LogP contribution is -2.23. The van der Waals surface area contributed by atoms with Crippen LogP contribution in [0.3, 0.4) is 0 Å². The molecule has 3 N–H and O–H groups in total. The van der Waals surface area contributed by atoms with Gasteiger partial charge in [-0.2, -0.15) is 0 Å². The zero-order chi connectivity index (χ0) is 18.4. The number of carbonyl (C=O) groups is 1. The van der Waals surface area contributed by atoms with E-state index >= 15 is 0 Å². The largest absolute Gasteiger partial charge is 0.477 e. The van der Waals surface area contributed by atoms with Crippen molar-refractivity contribution in [1.82, 2.24) is 4.40 Å². The summed E-state index contributed by atoms with van der Waals surface area (Å²) in [5, 5.41) is 9.39. The number of fused-ring (bicyclic) bond motifs is 1. The van der Waals surface area contributed by atoms with Gasteiger partial charge < -0.3 is 10.8 Å². The van der Waals surface area contributed by atoms with Crippen molar-refractivity contribution in [3.05, 3.63) is 75.2 Å². The summed E-state index contributed by atoms with van der Waals surface area (Å²) in [4.78, 5) is 24.1. The van der Waals surface area contributed by atoms with Crippen molar-refractivity contribution < 1.29 is 9.90 Å². The highest BCUT2D eigenvalue weighted by atomic mass is 16.4. The number of hydrogen-bond acceptors (Lipinski definition) is 3. The third kappa shape index (κ3) is 2.61. The number of aromatic nitrogens is 1. The van der Waals surface area contributed by atoms with Crippen LogP contribution in [0.25, 0.3) is 16.6 Å². The van der Waals surface area contributed by atoms with E-state index in [4.69, 9.17) is 5.73 Å². The van der Waals surface area contributed by atoms with Crippen LogP contribution in [0.4, 0.5) is 0 Å². The van der Waals surface area contributed by atoms with Crippen molar-refractivity contribution >= 4 is 11.5 Å². The highest BCUT2D eigenvalue weighted by Crippen LogP contribution is 2.43. The fourth-order valence-electron chi connectivity index (χ4n) is 3.63. The van der Waals surface area contributed by atoms with Crippen molar-refractivity contribution in [1.29, 1.82) is 0 Å². The van der Waals surface area contributed by atoms with Gasteiger partial charge in [0.05, 0.1) is 5.52 Å². The maximum absolute atomic E-state index is 12.6. The topological polar surface area (TPSA) is 84.8 Å². The molecular formula is C21H20N2O3. The number of nitrogens with zero attached hydrogens (tertiary/aromatic N) is 1. The van der Waals surface area contributed by atoms with Crippen molar-refractivity contribution in [2.75, 3.05) is 0 Å². The standard InChI is InChI=1S/C21H20N2O3/c1-12-16(15-4-2-3-13(9-15)11-22)7-8-23-19(12)17(14-5-6-14)10-18(20(23)24)21(25)26/h2-4,7-10,14H,5-6,11,22H2,1H3,(H,25,26). The van der Waals surface area contributed by atoms with Crippen LogP contribution in [0, 0.1) is 6.92 Å². The van der Waals surface area contributed by atoms with E-state index in [1.165, 1.54) is 4.40 Å². The molecular weight excluding hydrogens is 328 g/mol. The van der Waals surface area contributed by atoms with Crippen LogP contribution in [0.2, 0.25) is 0 Å². The molecule has 0 radical (unpaired) electrons. The smallest absolute Gasteiger partial charge is 0.341 e. The maximum Gasteiger partial charge on any atom is 0.341 e. The Morgan fingerprint density at radius 3 is 2.69 bits per heavy atom. The Kier molecular flexibility index (Phi) is 3.89. The quantitative estimate of drug-likeness (QED) is 0.757. The number of hydrogen-bond donors (Lipinski definition) is 2. The molecule has 0 spiro atoms. The van der Waals surface area contributed by atoms with Crippen LogP contribution < -0.4 is 11.3 Å². The Morgan fingerprint density at radius 1 is 1.27 bits per heavy atom. The number of nitrogens with two attached hydrogens (primary N) is 1. The molecule has 1 fully saturated rings. The van der Waals surface area contributed by atoms with Crippen LogP contribution in [0.5, 0.6) is 0 Å². The van der Waals surface area contributed by atoms with Gasteiger partial charge in [0.25, 0.3) is 5.56 Å². The average molecular weight is 348 g/mol. The summed E-state index contributed by atoms with van der Waals surface area (Å²) in [7, 11) is 0. The lowest BCUT2D eigenvalue weighted by Gasteiger charge is -2.15. The summed E-state index contributed by atoms with van der Waals surface area (Å²) < 4.78 is 1.49. The molecule has 5 nitrogen and oxygen atoms in total. The van der Waals surface area contributed by atoms with E-state index in [1.54, 1.807) is 12.3 Å². The first-order chi connectivity index (χ1) is 12.5. The number of carboxylic acids is 1.